The number of aliphatic imine (C=N–C) groups is 2. The van der Waals surface area contributed by atoms with Crippen molar-refractivity contribution in [3.8, 4) is 11.1 Å². The summed E-state index contributed by atoms with van der Waals surface area (Å²) in [5.41, 5.74) is 10.3. The molecule has 4 nitrogen and oxygen atoms in total. The minimum Gasteiger partial charge on any atom is -0.456 e. The molecule has 230 valence electrons. The molecule has 0 amide bonds. The molecule has 1 aliphatic heterocycles. The van der Waals surface area contributed by atoms with Gasteiger partial charge in [-0.3, -0.25) is 0 Å². The van der Waals surface area contributed by atoms with E-state index in [1.807, 2.05) is 30.3 Å². The van der Waals surface area contributed by atoms with Crippen molar-refractivity contribution in [1.82, 2.24) is 0 Å². The molecule has 0 unspecified atom stereocenters. The average molecular weight is 629 g/mol. The van der Waals surface area contributed by atoms with Gasteiger partial charge in [0.1, 0.15) is 22.3 Å². The molecular formula is C45H28N2O2. The van der Waals surface area contributed by atoms with Gasteiger partial charge in [0, 0.05) is 33.5 Å². The molecule has 0 saturated carbocycles. The minimum atomic E-state index is 0.637. The van der Waals surface area contributed by atoms with Crippen LogP contribution in [-0.4, -0.2) is 11.5 Å². The SMILES string of the molecule is C1=C(c2ccccc2)N=C(c2c(-c3ccc4c(c3)oc3ccccc34)ccc3oc4ccccc4c23)N=C(c2ccc3ccccc3c2)C1. The molecule has 0 atom stereocenters. The molecule has 2 aromatic heterocycles. The normalized spacial score (nSPS) is 13.6. The molecule has 0 spiro atoms. The molecule has 1 aliphatic rings. The summed E-state index contributed by atoms with van der Waals surface area (Å²) in [6, 6.07) is 52.5. The smallest absolute Gasteiger partial charge is 0.161 e. The van der Waals surface area contributed by atoms with Gasteiger partial charge in [-0.1, -0.05) is 115 Å². The number of hydrogen-bond acceptors (Lipinski definition) is 4. The Balaban J connectivity index is 1.27. The Hall–Kier alpha value is -6.52. The maximum Gasteiger partial charge on any atom is 0.161 e. The van der Waals surface area contributed by atoms with Crippen molar-refractivity contribution in [3.05, 3.63) is 174 Å². The first-order valence-corrected chi connectivity index (χ1v) is 16.5. The molecule has 0 saturated heterocycles. The third-order valence-electron chi connectivity index (χ3n) is 9.57. The van der Waals surface area contributed by atoms with Crippen molar-refractivity contribution in [2.24, 2.45) is 9.98 Å². The van der Waals surface area contributed by atoms with Crippen molar-refractivity contribution in [2.75, 3.05) is 0 Å². The Bertz CT molecular complexity index is 2850. The van der Waals surface area contributed by atoms with E-state index in [1.54, 1.807) is 0 Å². The van der Waals surface area contributed by atoms with E-state index in [0.29, 0.717) is 12.3 Å². The zero-order valence-corrected chi connectivity index (χ0v) is 26.4. The molecule has 3 heterocycles. The van der Waals surface area contributed by atoms with Crippen LogP contribution in [0.15, 0.2) is 177 Å². The quantitative estimate of drug-likeness (QED) is 0.195. The number of rotatable bonds is 4. The summed E-state index contributed by atoms with van der Waals surface area (Å²) in [6.07, 6.45) is 2.84. The Morgan fingerprint density at radius 1 is 0.449 bits per heavy atom. The van der Waals surface area contributed by atoms with Gasteiger partial charge < -0.3 is 8.83 Å². The van der Waals surface area contributed by atoms with Crippen molar-refractivity contribution in [2.45, 2.75) is 6.42 Å². The number of amidine groups is 1. The lowest BCUT2D eigenvalue weighted by atomic mass is 9.93. The summed E-state index contributed by atoms with van der Waals surface area (Å²) in [6.45, 7) is 0. The second kappa shape index (κ2) is 11.0. The number of fused-ring (bicyclic) bond motifs is 7. The van der Waals surface area contributed by atoms with Crippen LogP contribution in [0, 0.1) is 0 Å². The van der Waals surface area contributed by atoms with E-state index in [4.69, 9.17) is 18.8 Å². The number of benzene rings is 7. The van der Waals surface area contributed by atoms with Gasteiger partial charge in [-0.05, 0) is 75.5 Å². The Morgan fingerprint density at radius 2 is 1.14 bits per heavy atom. The number of hydrogen-bond donors (Lipinski definition) is 0. The summed E-state index contributed by atoms with van der Waals surface area (Å²) in [7, 11) is 0. The summed E-state index contributed by atoms with van der Waals surface area (Å²) < 4.78 is 12.8. The Morgan fingerprint density at radius 3 is 2.02 bits per heavy atom. The maximum atomic E-state index is 6.45. The Labute approximate surface area is 282 Å². The standard InChI is InChI=1S/C45H28N2O2/c1-2-11-29(12-3-1)37-23-24-38(32-19-18-28-10-4-5-13-30(28)26-32)47-45(46-37)44-33(22-25-41-43(44)36-15-7-9-17-40(36)48-41)31-20-21-35-34-14-6-8-16-39(34)49-42(35)27-31/h1-23,25-27H,24H2. The minimum absolute atomic E-state index is 0.637. The first kappa shape index (κ1) is 27.6. The fourth-order valence-electron chi connectivity index (χ4n) is 7.19. The van der Waals surface area contributed by atoms with Gasteiger partial charge in [-0.25, -0.2) is 9.98 Å². The predicted molar refractivity (Wildman–Crippen MR) is 202 cm³/mol. The zero-order valence-electron chi connectivity index (χ0n) is 26.4. The average Bonchev–Trinajstić information content (AvgIpc) is 3.64. The van der Waals surface area contributed by atoms with Crippen LogP contribution in [0.3, 0.4) is 0 Å². The van der Waals surface area contributed by atoms with E-state index in [2.05, 4.69) is 127 Å². The molecule has 0 N–H and O–H groups in total. The second-order valence-corrected chi connectivity index (χ2v) is 12.5. The van der Waals surface area contributed by atoms with Crippen LogP contribution in [0.1, 0.15) is 23.1 Å². The van der Waals surface area contributed by atoms with Crippen molar-refractivity contribution in [3.63, 3.8) is 0 Å². The molecule has 10 rings (SSSR count). The van der Waals surface area contributed by atoms with E-state index in [9.17, 15) is 0 Å². The molecule has 0 aliphatic carbocycles. The van der Waals surface area contributed by atoms with Crippen molar-refractivity contribution >= 4 is 71.9 Å². The molecule has 0 radical (unpaired) electrons. The first-order valence-electron chi connectivity index (χ1n) is 16.5. The molecule has 49 heavy (non-hydrogen) atoms. The molecule has 7 aromatic carbocycles. The van der Waals surface area contributed by atoms with Crippen LogP contribution < -0.4 is 0 Å². The van der Waals surface area contributed by atoms with Crippen LogP contribution in [0.4, 0.5) is 0 Å². The van der Waals surface area contributed by atoms with Gasteiger partial charge in [0.2, 0.25) is 0 Å². The molecule has 0 fully saturated rings. The van der Waals surface area contributed by atoms with E-state index in [-0.39, 0.29) is 0 Å². The lowest BCUT2D eigenvalue weighted by molar-refractivity contribution is 0.669. The first-order chi connectivity index (χ1) is 24.3. The summed E-state index contributed by atoms with van der Waals surface area (Å²) in [4.78, 5) is 10.9. The van der Waals surface area contributed by atoms with Gasteiger partial charge in [-0.2, -0.15) is 0 Å². The molecule has 9 aromatic rings. The van der Waals surface area contributed by atoms with Gasteiger partial charge in [0.25, 0.3) is 0 Å². The predicted octanol–water partition coefficient (Wildman–Crippen LogP) is 12.0. The van der Waals surface area contributed by atoms with Crippen molar-refractivity contribution < 1.29 is 8.83 Å². The van der Waals surface area contributed by atoms with Crippen LogP contribution in [0.5, 0.6) is 0 Å². The molecular weight excluding hydrogens is 601 g/mol. The van der Waals surface area contributed by atoms with Gasteiger partial charge in [0.15, 0.2) is 5.84 Å². The summed E-state index contributed by atoms with van der Waals surface area (Å²) >= 11 is 0. The zero-order chi connectivity index (χ0) is 32.3. The van der Waals surface area contributed by atoms with Gasteiger partial charge >= 0.3 is 0 Å². The molecule has 0 bridgehead atoms. The van der Waals surface area contributed by atoms with E-state index in [0.717, 1.165) is 83.1 Å². The monoisotopic (exact) mass is 628 g/mol. The van der Waals surface area contributed by atoms with Crippen LogP contribution in [-0.2, 0) is 0 Å². The highest BCUT2D eigenvalue weighted by Crippen LogP contribution is 2.40. The van der Waals surface area contributed by atoms with Crippen molar-refractivity contribution in [1.29, 1.82) is 0 Å². The summed E-state index contributed by atoms with van der Waals surface area (Å²) in [5, 5.41) is 6.60. The highest BCUT2D eigenvalue weighted by molar-refractivity contribution is 6.26. The molecule has 4 heteroatoms. The third-order valence-corrected chi connectivity index (χ3v) is 9.57. The lowest BCUT2D eigenvalue weighted by Crippen LogP contribution is -2.07. The fourth-order valence-corrected chi connectivity index (χ4v) is 7.19. The number of allylic oxidation sites excluding steroid dienone is 1. The summed E-state index contributed by atoms with van der Waals surface area (Å²) in [5.74, 6) is 0.646. The second-order valence-electron chi connectivity index (χ2n) is 12.5. The number of para-hydroxylation sites is 2. The van der Waals surface area contributed by atoms with Crippen LogP contribution in [0.2, 0.25) is 0 Å². The number of nitrogens with zero attached hydrogens (tertiary/aromatic N) is 2. The maximum absolute atomic E-state index is 6.45. The third kappa shape index (κ3) is 4.61. The van der Waals surface area contributed by atoms with E-state index < -0.39 is 0 Å². The Kier molecular flexibility index (Phi) is 6.21. The topological polar surface area (TPSA) is 51.0 Å². The van der Waals surface area contributed by atoms with E-state index >= 15 is 0 Å². The highest BCUT2D eigenvalue weighted by Gasteiger charge is 2.23. The lowest BCUT2D eigenvalue weighted by Gasteiger charge is -2.13. The van der Waals surface area contributed by atoms with Crippen LogP contribution >= 0.6 is 0 Å². The fraction of sp³-hybridized carbons (Fsp3) is 0.0222. The number of furan rings is 2. The largest absolute Gasteiger partial charge is 0.456 e. The van der Waals surface area contributed by atoms with Crippen LogP contribution in [0.25, 0.3) is 71.5 Å². The van der Waals surface area contributed by atoms with Gasteiger partial charge in [-0.15, -0.1) is 0 Å². The van der Waals surface area contributed by atoms with E-state index in [1.165, 1.54) is 10.8 Å². The van der Waals surface area contributed by atoms with Gasteiger partial charge in [0.05, 0.1) is 11.4 Å². The highest BCUT2D eigenvalue weighted by atomic mass is 16.3.